The molecular weight excluding hydrogens is 384 g/mol. The molecule has 1 aromatic carbocycles. The van der Waals surface area contributed by atoms with Crippen LogP contribution in [0.3, 0.4) is 0 Å². The minimum absolute atomic E-state index is 0.0499. The van der Waals surface area contributed by atoms with Crippen molar-refractivity contribution >= 4 is 22.4 Å². The van der Waals surface area contributed by atoms with E-state index in [9.17, 15) is 5.11 Å². The van der Waals surface area contributed by atoms with Gasteiger partial charge in [0.05, 0.1) is 24.8 Å². The van der Waals surface area contributed by atoms with E-state index in [0.717, 1.165) is 39.3 Å². The first-order valence-corrected chi connectivity index (χ1v) is 9.65. The molecule has 4 rings (SSSR count). The number of hydrogen-bond donors (Lipinski definition) is 1. The molecule has 0 saturated carbocycles. The molecule has 30 heavy (non-hydrogen) atoms. The van der Waals surface area contributed by atoms with Gasteiger partial charge in [-0.1, -0.05) is 5.16 Å². The number of hydrogen-bond acceptors (Lipinski definition) is 7. The summed E-state index contributed by atoms with van der Waals surface area (Å²) in [5.41, 5.74) is 5.33. The van der Waals surface area contributed by atoms with Gasteiger partial charge in [-0.05, 0) is 56.2 Å². The van der Waals surface area contributed by atoms with Crippen LogP contribution in [0.4, 0.5) is 0 Å². The van der Waals surface area contributed by atoms with Crippen molar-refractivity contribution in [3.05, 3.63) is 53.2 Å². The Morgan fingerprint density at radius 1 is 1.17 bits per heavy atom. The van der Waals surface area contributed by atoms with Gasteiger partial charge >= 0.3 is 0 Å². The summed E-state index contributed by atoms with van der Waals surface area (Å²) in [6, 6.07) is 7.61. The maximum absolute atomic E-state index is 9.36. The number of aliphatic hydroxyl groups excluding tert-OH is 1. The number of oxime groups is 1. The highest BCUT2D eigenvalue weighted by Crippen LogP contribution is 2.26. The zero-order valence-electron chi connectivity index (χ0n) is 17.5. The fraction of sp³-hybridized carbons (Fsp3) is 0.333. The predicted octanol–water partition coefficient (Wildman–Crippen LogP) is 2.64. The third kappa shape index (κ3) is 3.48. The van der Waals surface area contributed by atoms with E-state index in [2.05, 4.69) is 20.2 Å². The van der Waals surface area contributed by atoms with Gasteiger partial charge in [0, 0.05) is 12.2 Å². The van der Waals surface area contributed by atoms with E-state index >= 15 is 0 Å². The average molecular weight is 408 g/mol. The summed E-state index contributed by atoms with van der Waals surface area (Å²) >= 11 is 0. The summed E-state index contributed by atoms with van der Waals surface area (Å²) in [6.45, 7) is 6.60. The maximum atomic E-state index is 9.36. The van der Waals surface area contributed by atoms with E-state index < -0.39 is 0 Å². The van der Waals surface area contributed by atoms with Crippen LogP contribution >= 0.6 is 0 Å². The van der Waals surface area contributed by atoms with E-state index in [1.54, 1.807) is 18.0 Å². The Kier molecular flexibility index (Phi) is 5.37. The lowest BCUT2D eigenvalue weighted by Gasteiger charge is -2.04. The standard InChI is InChI=1S/C21H24N6O3/c1-13-15(3)26(9-10-28)20-19(13)21-23-18(24-27(21)12-22-20)11-30-25-14(2)16-5-7-17(29-4)8-6-16/h5-8,12,28H,9-11H2,1-4H3/b25-14-. The van der Waals surface area contributed by atoms with Crippen LogP contribution in [0.1, 0.15) is 29.6 Å². The third-order valence-electron chi connectivity index (χ3n) is 5.22. The Morgan fingerprint density at radius 3 is 2.63 bits per heavy atom. The summed E-state index contributed by atoms with van der Waals surface area (Å²) in [5.74, 6) is 1.31. The Hall–Kier alpha value is -3.46. The SMILES string of the molecule is COc1ccc(/C(C)=N\OCc2nc3c4c(C)c(C)n(CCO)c4ncn3n2)cc1. The van der Waals surface area contributed by atoms with Crippen molar-refractivity contribution in [3.8, 4) is 5.75 Å². The van der Waals surface area contributed by atoms with Crippen molar-refractivity contribution < 1.29 is 14.7 Å². The molecule has 3 aromatic heterocycles. The summed E-state index contributed by atoms with van der Waals surface area (Å²) in [6.07, 6.45) is 1.63. The number of fused-ring (bicyclic) bond motifs is 3. The lowest BCUT2D eigenvalue weighted by atomic mass is 10.1. The number of ether oxygens (including phenoxy) is 1. The third-order valence-corrected chi connectivity index (χ3v) is 5.22. The minimum Gasteiger partial charge on any atom is -0.497 e. The molecular formula is C21H24N6O3. The molecule has 0 spiro atoms. The van der Waals surface area contributed by atoms with Crippen LogP contribution in [-0.4, -0.2) is 48.7 Å². The molecule has 0 atom stereocenters. The smallest absolute Gasteiger partial charge is 0.192 e. The van der Waals surface area contributed by atoms with Gasteiger partial charge in [-0.25, -0.2) is 14.5 Å². The Balaban J connectivity index is 1.58. The van der Waals surface area contributed by atoms with Crippen LogP contribution in [0.25, 0.3) is 16.7 Å². The molecule has 0 bridgehead atoms. The summed E-state index contributed by atoms with van der Waals surface area (Å²) < 4.78 is 8.82. The molecule has 4 aromatic rings. The Labute approximate surface area is 173 Å². The monoisotopic (exact) mass is 408 g/mol. The fourth-order valence-electron chi connectivity index (χ4n) is 3.48. The molecule has 0 amide bonds. The van der Waals surface area contributed by atoms with Crippen LogP contribution < -0.4 is 4.74 Å². The second-order valence-electron chi connectivity index (χ2n) is 7.00. The molecule has 156 valence electrons. The molecule has 3 heterocycles. The first-order chi connectivity index (χ1) is 14.5. The molecule has 0 fully saturated rings. The molecule has 9 nitrogen and oxygen atoms in total. The number of rotatable bonds is 7. The summed E-state index contributed by atoms with van der Waals surface area (Å²) in [4.78, 5) is 14.6. The van der Waals surface area contributed by atoms with Gasteiger partial charge in [-0.15, -0.1) is 5.10 Å². The van der Waals surface area contributed by atoms with E-state index in [-0.39, 0.29) is 13.2 Å². The lowest BCUT2D eigenvalue weighted by molar-refractivity contribution is 0.125. The predicted molar refractivity (Wildman–Crippen MR) is 113 cm³/mol. The van der Waals surface area contributed by atoms with Gasteiger partial charge in [0.1, 0.15) is 17.7 Å². The fourth-order valence-corrected chi connectivity index (χ4v) is 3.48. The molecule has 0 aliphatic carbocycles. The van der Waals surface area contributed by atoms with Crippen molar-refractivity contribution in [2.24, 2.45) is 5.16 Å². The topological polar surface area (TPSA) is 99.1 Å². The van der Waals surface area contributed by atoms with Gasteiger partial charge in [-0.2, -0.15) is 0 Å². The van der Waals surface area contributed by atoms with E-state index in [0.29, 0.717) is 18.0 Å². The number of aromatic nitrogens is 5. The normalized spacial score (nSPS) is 12.1. The quantitative estimate of drug-likeness (QED) is 0.373. The number of nitrogens with zero attached hydrogens (tertiary/aromatic N) is 6. The molecule has 0 saturated heterocycles. The highest BCUT2D eigenvalue weighted by molar-refractivity contribution is 5.98. The van der Waals surface area contributed by atoms with Crippen LogP contribution in [0.15, 0.2) is 35.7 Å². The summed E-state index contributed by atoms with van der Waals surface area (Å²) in [7, 11) is 1.63. The molecule has 1 N–H and O–H groups in total. The Morgan fingerprint density at radius 2 is 1.93 bits per heavy atom. The largest absolute Gasteiger partial charge is 0.497 e. The number of aliphatic hydroxyl groups is 1. The zero-order chi connectivity index (χ0) is 21.3. The minimum atomic E-state index is 0.0499. The van der Waals surface area contributed by atoms with Crippen molar-refractivity contribution in [2.75, 3.05) is 13.7 Å². The molecule has 9 heteroatoms. The summed E-state index contributed by atoms with van der Waals surface area (Å²) in [5, 5.41) is 18.9. The molecule has 0 aliphatic rings. The van der Waals surface area contributed by atoms with E-state index in [1.165, 1.54) is 0 Å². The number of aryl methyl sites for hydroxylation is 1. The maximum Gasteiger partial charge on any atom is 0.192 e. The van der Waals surface area contributed by atoms with Crippen LogP contribution in [0.5, 0.6) is 5.75 Å². The van der Waals surface area contributed by atoms with Crippen LogP contribution in [-0.2, 0) is 18.0 Å². The van der Waals surface area contributed by atoms with Crippen LogP contribution in [0, 0.1) is 13.8 Å². The Bertz CT molecular complexity index is 1220. The first kappa shape index (κ1) is 19.8. The number of methoxy groups -OCH3 is 1. The second kappa shape index (κ2) is 8.11. The van der Waals surface area contributed by atoms with Gasteiger partial charge in [0.2, 0.25) is 0 Å². The van der Waals surface area contributed by atoms with E-state index in [4.69, 9.17) is 9.57 Å². The van der Waals surface area contributed by atoms with Gasteiger partial charge in [0.15, 0.2) is 18.1 Å². The molecule has 0 aliphatic heterocycles. The second-order valence-corrected chi connectivity index (χ2v) is 7.00. The van der Waals surface area contributed by atoms with Crippen molar-refractivity contribution in [1.82, 2.24) is 24.1 Å². The highest BCUT2D eigenvalue weighted by Gasteiger charge is 2.17. The van der Waals surface area contributed by atoms with Crippen molar-refractivity contribution in [3.63, 3.8) is 0 Å². The number of benzene rings is 1. The van der Waals surface area contributed by atoms with Gasteiger partial charge < -0.3 is 19.2 Å². The van der Waals surface area contributed by atoms with E-state index in [1.807, 2.05) is 49.6 Å². The molecule has 0 unspecified atom stereocenters. The molecule has 0 radical (unpaired) electrons. The highest BCUT2D eigenvalue weighted by atomic mass is 16.6. The first-order valence-electron chi connectivity index (χ1n) is 9.65. The van der Waals surface area contributed by atoms with Crippen molar-refractivity contribution in [1.29, 1.82) is 0 Å². The van der Waals surface area contributed by atoms with Crippen LogP contribution in [0.2, 0.25) is 0 Å². The van der Waals surface area contributed by atoms with Gasteiger partial charge in [0.25, 0.3) is 0 Å². The lowest BCUT2D eigenvalue weighted by Crippen LogP contribution is -2.05. The van der Waals surface area contributed by atoms with Gasteiger partial charge in [-0.3, -0.25) is 0 Å². The van der Waals surface area contributed by atoms with Crippen molar-refractivity contribution in [2.45, 2.75) is 33.9 Å². The zero-order valence-corrected chi connectivity index (χ0v) is 17.5. The average Bonchev–Trinajstić information content (AvgIpc) is 3.28.